The Kier molecular flexibility index (Phi) is 5.80. The molecular weight excluding hydrogens is 346 g/mol. The molecule has 0 atom stereocenters. The van der Waals surface area contributed by atoms with Gasteiger partial charge in [0.05, 0.1) is 19.9 Å². The molecule has 0 radical (unpaired) electrons. The first-order valence-corrected chi connectivity index (χ1v) is 8.71. The first kappa shape index (κ1) is 18.6. The molecule has 0 spiro atoms. The number of urea groups is 1. The molecule has 1 saturated heterocycles. The number of rotatable bonds is 7. The standard InChI is InChI=1S/C20H23N3O4/c1-26-16-8-9-18(27-2)17(12-16)23-11-10-22(20(23)25)14-19(24)21-13-15-6-4-3-5-7-15/h3-9,12H,10-11,13-14H2,1-2H3,(H,21,24). The van der Waals surface area contributed by atoms with Gasteiger partial charge in [0.2, 0.25) is 5.91 Å². The lowest BCUT2D eigenvalue weighted by molar-refractivity contribution is -0.121. The number of anilines is 1. The van der Waals surface area contributed by atoms with E-state index in [1.807, 2.05) is 30.3 Å². The van der Waals surface area contributed by atoms with Crippen molar-refractivity contribution in [2.24, 2.45) is 0 Å². The van der Waals surface area contributed by atoms with Gasteiger partial charge in [0, 0.05) is 25.7 Å². The molecule has 7 heteroatoms. The molecule has 0 aromatic heterocycles. The van der Waals surface area contributed by atoms with E-state index in [0.717, 1.165) is 5.56 Å². The summed E-state index contributed by atoms with van der Waals surface area (Å²) < 4.78 is 10.6. The lowest BCUT2D eigenvalue weighted by Crippen LogP contribution is -2.39. The molecule has 1 heterocycles. The van der Waals surface area contributed by atoms with E-state index >= 15 is 0 Å². The number of nitrogens with zero attached hydrogens (tertiary/aromatic N) is 2. The Morgan fingerprint density at radius 1 is 1.07 bits per heavy atom. The Morgan fingerprint density at radius 3 is 2.56 bits per heavy atom. The molecule has 1 N–H and O–H groups in total. The molecule has 0 aliphatic carbocycles. The third-order valence-electron chi connectivity index (χ3n) is 4.44. The Labute approximate surface area is 158 Å². The molecule has 1 fully saturated rings. The van der Waals surface area contributed by atoms with Gasteiger partial charge in [-0.15, -0.1) is 0 Å². The van der Waals surface area contributed by atoms with Crippen LogP contribution in [-0.4, -0.2) is 50.7 Å². The van der Waals surface area contributed by atoms with E-state index in [-0.39, 0.29) is 18.5 Å². The smallest absolute Gasteiger partial charge is 0.325 e. The van der Waals surface area contributed by atoms with Crippen LogP contribution in [0.25, 0.3) is 0 Å². The van der Waals surface area contributed by atoms with Crippen molar-refractivity contribution in [3.05, 3.63) is 54.1 Å². The number of amides is 3. The van der Waals surface area contributed by atoms with Gasteiger partial charge in [0.1, 0.15) is 18.0 Å². The molecule has 2 aromatic rings. The van der Waals surface area contributed by atoms with E-state index in [1.165, 1.54) is 4.90 Å². The highest BCUT2D eigenvalue weighted by Gasteiger charge is 2.32. The number of hydrogen-bond donors (Lipinski definition) is 1. The predicted octanol–water partition coefficient (Wildman–Crippen LogP) is 2.26. The maximum Gasteiger partial charge on any atom is 0.325 e. The van der Waals surface area contributed by atoms with Crippen LogP contribution in [0.3, 0.4) is 0 Å². The van der Waals surface area contributed by atoms with E-state index in [0.29, 0.717) is 36.8 Å². The second-order valence-corrected chi connectivity index (χ2v) is 6.16. The lowest BCUT2D eigenvalue weighted by Gasteiger charge is -2.21. The summed E-state index contributed by atoms with van der Waals surface area (Å²) in [6.45, 7) is 1.41. The van der Waals surface area contributed by atoms with Gasteiger partial charge in [-0.2, -0.15) is 0 Å². The third-order valence-corrected chi connectivity index (χ3v) is 4.44. The summed E-state index contributed by atoms with van der Waals surface area (Å²) in [4.78, 5) is 28.1. The second-order valence-electron chi connectivity index (χ2n) is 6.16. The highest BCUT2D eigenvalue weighted by molar-refractivity contribution is 5.97. The number of carbonyl (C=O) groups excluding carboxylic acids is 2. The quantitative estimate of drug-likeness (QED) is 0.813. The van der Waals surface area contributed by atoms with E-state index in [4.69, 9.17) is 9.47 Å². The number of nitrogens with one attached hydrogen (secondary N) is 1. The minimum absolute atomic E-state index is 0.0223. The van der Waals surface area contributed by atoms with Crippen molar-refractivity contribution in [3.63, 3.8) is 0 Å². The fourth-order valence-electron chi connectivity index (χ4n) is 2.99. The van der Waals surface area contributed by atoms with Crippen molar-refractivity contribution in [2.45, 2.75) is 6.54 Å². The maximum absolute atomic E-state index is 12.8. The van der Waals surface area contributed by atoms with Crippen LogP contribution in [0.15, 0.2) is 48.5 Å². The molecule has 2 aromatic carbocycles. The topological polar surface area (TPSA) is 71.1 Å². The van der Waals surface area contributed by atoms with Gasteiger partial charge in [-0.25, -0.2) is 4.79 Å². The minimum Gasteiger partial charge on any atom is -0.497 e. The molecule has 3 amide bonds. The fraction of sp³-hybridized carbons (Fsp3) is 0.300. The Hall–Kier alpha value is -3.22. The zero-order valence-corrected chi connectivity index (χ0v) is 15.5. The molecule has 3 rings (SSSR count). The highest BCUT2D eigenvalue weighted by Crippen LogP contribution is 2.34. The van der Waals surface area contributed by atoms with Gasteiger partial charge in [-0.05, 0) is 17.7 Å². The number of carbonyl (C=O) groups is 2. The zero-order valence-electron chi connectivity index (χ0n) is 15.5. The van der Waals surface area contributed by atoms with Crippen LogP contribution in [0.5, 0.6) is 11.5 Å². The van der Waals surface area contributed by atoms with Crippen LogP contribution in [0, 0.1) is 0 Å². The average Bonchev–Trinajstić information content (AvgIpc) is 3.06. The molecule has 7 nitrogen and oxygen atoms in total. The largest absolute Gasteiger partial charge is 0.497 e. The first-order chi connectivity index (χ1) is 13.1. The Morgan fingerprint density at radius 2 is 1.85 bits per heavy atom. The molecular formula is C20H23N3O4. The second kappa shape index (κ2) is 8.44. The molecule has 1 aliphatic rings. The van der Waals surface area contributed by atoms with Crippen LogP contribution in [0.1, 0.15) is 5.56 Å². The summed E-state index contributed by atoms with van der Waals surface area (Å²) in [5, 5.41) is 2.85. The van der Waals surface area contributed by atoms with Gasteiger partial charge in [0.25, 0.3) is 0 Å². The maximum atomic E-state index is 12.8. The molecule has 0 saturated carbocycles. The van der Waals surface area contributed by atoms with Crippen molar-refractivity contribution in [1.82, 2.24) is 10.2 Å². The molecule has 1 aliphatic heterocycles. The highest BCUT2D eigenvalue weighted by atomic mass is 16.5. The van der Waals surface area contributed by atoms with E-state index in [2.05, 4.69) is 5.32 Å². The van der Waals surface area contributed by atoms with Crippen molar-refractivity contribution < 1.29 is 19.1 Å². The molecule has 142 valence electrons. The van der Waals surface area contributed by atoms with Crippen LogP contribution in [0.4, 0.5) is 10.5 Å². The van der Waals surface area contributed by atoms with Crippen molar-refractivity contribution in [2.75, 3.05) is 38.8 Å². The lowest BCUT2D eigenvalue weighted by atomic mass is 10.2. The molecule has 0 bridgehead atoms. The molecule has 27 heavy (non-hydrogen) atoms. The Bertz CT molecular complexity index is 810. The van der Waals surface area contributed by atoms with E-state index in [9.17, 15) is 9.59 Å². The first-order valence-electron chi connectivity index (χ1n) is 8.71. The molecule has 0 unspecified atom stereocenters. The zero-order chi connectivity index (χ0) is 19.2. The van der Waals surface area contributed by atoms with Gasteiger partial charge in [-0.3, -0.25) is 9.69 Å². The average molecular weight is 369 g/mol. The number of hydrogen-bond acceptors (Lipinski definition) is 4. The number of benzene rings is 2. The van der Waals surface area contributed by atoms with E-state index in [1.54, 1.807) is 37.3 Å². The summed E-state index contributed by atoms with van der Waals surface area (Å²) in [6, 6.07) is 14.7. The SMILES string of the molecule is COc1ccc(OC)c(N2CCN(CC(=O)NCc3ccccc3)C2=O)c1. The van der Waals surface area contributed by atoms with E-state index < -0.39 is 0 Å². The van der Waals surface area contributed by atoms with Gasteiger partial charge in [-0.1, -0.05) is 30.3 Å². The van der Waals surface area contributed by atoms with Crippen molar-refractivity contribution >= 4 is 17.6 Å². The van der Waals surface area contributed by atoms with Crippen LogP contribution in [0.2, 0.25) is 0 Å². The summed E-state index contributed by atoms with van der Waals surface area (Å²) >= 11 is 0. The monoisotopic (exact) mass is 369 g/mol. The van der Waals surface area contributed by atoms with Crippen LogP contribution < -0.4 is 19.7 Å². The van der Waals surface area contributed by atoms with Crippen LogP contribution in [-0.2, 0) is 11.3 Å². The normalized spacial score (nSPS) is 13.6. The summed E-state index contributed by atoms with van der Waals surface area (Å²) in [7, 11) is 3.13. The summed E-state index contributed by atoms with van der Waals surface area (Å²) in [5.74, 6) is 1.03. The minimum atomic E-state index is -0.226. The van der Waals surface area contributed by atoms with Crippen molar-refractivity contribution in [1.29, 1.82) is 0 Å². The third kappa shape index (κ3) is 4.31. The van der Waals surface area contributed by atoms with Gasteiger partial charge >= 0.3 is 6.03 Å². The fourth-order valence-corrected chi connectivity index (χ4v) is 2.99. The summed E-state index contributed by atoms with van der Waals surface area (Å²) in [5.41, 5.74) is 1.65. The van der Waals surface area contributed by atoms with Gasteiger partial charge in [0.15, 0.2) is 0 Å². The van der Waals surface area contributed by atoms with Gasteiger partial charge < -0.3 is 19.7 Å². The number of methoxy groups -OCH3 is 2. The Balaban J connectivity index is 1.62. The number of ether oxygens (including phenoxy) is 2. The predicted molar refractivity (Wildman–Crippen MR) is 102 cm³/mol. The van der Waals surface area contributed by atoms with Crippen molar-refractivity contribution in [3.8, 4) is 11.5 Å². The summed E-state index contributed by atoms with van der Waals surface area (Å²) in [6.07, 6.45) is 0. The van der Waals surface area contributed by atoms with Crippen LogP contribution >= 0.6 is 0 Å².